The Morgan fingerprint density at radius 3 is 2.70 bits per heavy atom. The molecule has 1 aliphatic heterocycles. The Kier molecular flexibility index (Phi) is 3.87. The second-order valence-electron chi connectivity index (χ2n) is 7.03. The van der Waals surface area contributed by atoms with Crippen molar-refractivity contribution in [2.45, 2.75) is 58.2 Å². The van der Waals surface area contributed by atoms with E-state index in [9.17, 15) is 0 Å². The number of hydrogen-bond donors (Lipinski definition) is 1. The molecule has 0 amide bonds. The van der Waals surface area contributed by atoms with Crippen molar-refractivity contribution in [1.29, 1.82) is 0 Å². The van der Waals surface area contributed by atoms with Crippen LogP contribution in [0.4, 0.5) is 0 Å². The zero-order chi connectivity index (χ0) is 14.2. The molecule has 1 aromatic carbocycles. The zero-order valence-electron chi connectivity index (χ0n) is 13.2. The molecule has 20 heavy (non-hydrogen) atoms. The molecule has 2 atom stereocenters. The van der Waals surface area contributed by atoms with Crippen molar-refractivity contribution in [1.82, 2.24) is 10.2 Å². The summed E-state index contributed by atoms with van der Waals surface area (Å²) in [6, 6.07) is 9.60. The van der Waals surface area contributed by atoms with Crippen LogP contribution in [0.15, 0.2) is 24.3 Å². The molecule has 2 aliphatic rings. The summed E-state index contributed by atoms with van der Waals surface area (Å²) in [5.74, 6) is 0.938. The lowest BCUT2D eigenvalue weighted by atomic mass is 9.91. The van der Waals surface area contributed by atoms with Gasteiger partial charge in [0.25, 0.3) is 0 Å². The van der Waals surface area contributed by atoms with Gasteiger partial charge in [0.1, 0.15) is 0 Å². The van der Waals surface area contributed by atoms with Gasteiger partial charge in [-0.1, -0.05) is 31.2 Å². The van der Waals surface area contributed by atoms with E-state index in [1.54, 1.807) is 0 Å². The summed E-state index contributed by atoms with van der Waals surface area (Å²) in [6.45, 7) is 10.4. The first kappa shape index (κ1) is 14.1. The van der Waals surface area contributed by atoms with E-state index in [1.165, 1.54) is 43.5 Å². The van der Waals surface area contributed by atoms with Crippen LogP contribution in [0.5, 0.6) is 0 Å². The van der Waals surface area contributed by atoms with Gasteiger partial charge in [0.2, 0.25) is 0 Å². The first-order valence-corrected chi connectivity index (χ1v) is 8.15. The highest BCUT2D eigenvalue weighted by molar-refractivity contribution is 5.25. The van der Waals surface area contributed by atoms with E-state index in [1.807, 2.05) is 0 Å². The molecule has 1 aliphatic carbocycles. The van der Waals surface area contributed by atoms with Crippen molar-refractivity contribution < 1.29 is 0 Å². The van der Waals surface area contributed by atoms with Gasteiger partial charge in [-0.15, -0.1) is 0 Å². The van der Waals surface area contributed by atoms with E-state index < -0.39 is 0 Å². The van der Waals surface area contributed by atoms with Crippen LogP contribution in [-0.2, 0) is 6.54 Å². The molecule has 2 fully saturated rings. The predicted octanol–water partition coefficient (Wildman–Crippen LogP) is 3.35. The monoisotopic (exact) mass is 272 g/mol. The molecule has 1 aromatic rings. The summed E-state index contributed by atoms with van der Waals surface area (Å²) in [5.41, 5.74) is 3.21. The van der Waals surface area contributed by atoms with E-state index in [4.69, 9.17) is 0 Å². The van der Waals surface area contributed by atoms with Gasteiger partial charge in [0, 0.05) is 31.2 Å². The minimum atomic E-state index is 0.286. The van der Waals surface area contributed by atoms with Crippen LogP contribution in [0.1, 0.15) is 44.2 Å². The maximum Gasteiger partial charge on any atom is 0.0278 e. The molecular weight excluding hydrogens is 244 g/mol. The summed E-state index contributed by atoms with van der Waals surface area (Å²) < 4.78 is 0. The number of aryl methyl sites for hydroxylation is 1. The molecule has 2 heteroatoms. The van der Waals surface area contributed by atoms with Crippen molar-refractivity contribution in [2.75, 3.05) is 13.1 Å². The highest BCUT2D eigenvalue weighted by Crippen LogP contribution is 2.38. The molecule has 110 valence electrons. The van der Waals surface area contributed by atoms with Crippen molar-refractivity contribution >= 4 is 0 Å². The van der Waals surface area contributed by atoms with E-state index in [2.05, 4.69) is 55.3 Å². The Bertz CT molecular complexity index is 466. The average molecular weight is 272 g/mol. The number of piperazine rings is 1. The topological polar surface area (TPSA) is 15.3 Å². The first-order chi connectivity index (χ1) is 9.61. The second kappa shape index (κ2) is 5.50. The van der Waals surface area contributed by atoms with Gasteiger partial charge in [-0.3, -0.25) is 4.90 Å². The van der Waals surface area contributed by atoms with Crippen LogP contribution >= 0.6 is 0 Å². The Morgan fingerprint density at radius 2 is 2.05 bits per heavy atom. The fourth-order valence-corrected chi connectivity index (χ4v) is 3.46. The Hall–Kier alpha value is -0.860. The maximum absolute atomic E-state index is 3.81. The molecule has 0 spiro atoms. The van der Waals surface area contributed by atoms with Gasteiger partial charge in [0.15, 0.2) is 0 Å². The number of rotatable bonds is 4. The maximum atomic E-state index is 3.81. The fourth-order valence-electron chi connectivity index (χ4n) is 3.46. The Balaban J connectivity index is 1.77. The summed E-state index contributed by atoms with van der Waals surface area (Å²) >= 11 is 0. The van der Waals surface area contributed by atoms with Crippen LogP contribution in [0.3, 0.4) is 0 Å². The fraction of sp³-hybridized carbons (Fsp3) is 0.667. The number of nitrogens with zero attached hydrogens (tertiary/aromatic N) is 1. The molecule has 1 N–H and O–H groups in total. The van der Waals surface area contributed by atoms with Gasteiger partial charge in [-0.25, -0.2) is 0 Å². The SMILES string of the molecule is CCC1(C)CN(Cc2ccccc2C)C(C2CC2)CN1. The molecular formula is C18H28N2. The summed E-state index contributed by atoms with van der Waals surface area (Å²) in [7, 11) is 0. The van der Waals surface area contributed by atoms with E-state index >= 15 is 0 Å². The molecule has 2 unspecified atom stereocenters. The van der Waals surface area contributed by atoms with Gasteiger partial charge < -0.3 is 5.32 Å². The molecule has 2 nitrogen and oxygen atoms in total. The largest absolute Gasteiger partial charge is 0.309 e. The van der Waals surface area contributed by atoms with E-state index in [-0.39, 0.29) is 5.54 Å². The summed E-state index contributed by atoms with van der Waals surface area (Å²) in [5, 5.41) is 3.81. The van der Waals surface area contributed by atoms with Crippen molar-refractivity contribution in [3.8, 4) is 0 Å². The number of benzene rings is 1. The van der Waals surface area contributed by atoms with Crippen LogP contribution in [0.25, 0.3) is 0 Å². The van der Waals surface area contributed by atoms with Gasteiger partial charge in [-0.05, 0) is 50.2 Å². The lowest BCUT2D eigenvalue weighted by molar-refractivity contribution is 0.0661. The average Bonchev–Trinajstić information content (AvgIpc) is 3.26. The predicted molar refractivity (Wildman–Crippen MR) is 84.8 cm³/mol. The lowest BCUT2D eigenvalue weighted by Gasteiger charge is -2.46. The van der Waals surface area contributed by atoms with Crippen LogP contribution in [0, 0.1) is 12.8 Å². The lowest BCUT2D eigenvalue weighted by Crippen LogP contribution is -2.62. The molecule has 1 heterocycles. The number of nitrogens with one attached hydrogen (secondary N) is 1. The standard InChI is InChI=1S/C18H28N2/c1-4-18(3)13-20(17(11-19-18)15-9-10-15)12-16-8-6-5-7-14(16)2/h5-8,15,17,19H,4,9-13H2,1-3H3. The molecule has 0 aromatic heterocycles. The van der Waals surface area contributed by atoms with E-state index in [0.717, 1.165) is 18.5 Å². The molecule has 0 radical (unpaired) electrons. The van der Waals surface area contributed by atoms with Crippen LogP contribution < -0.4 is 5.32 Å². The van der Waals surface area contributed by atoms with Gasteiger partial charge in [0.05, 0.1) is 0 Å². The minimum Gasteiger partial charge on any atom is -0.309 e. The normalized spacial score (nSPS) is 31.4. The van der Waals surface area contributed by atoms with Crippen molar-refractivity contribution in [3.63, 3.8) is 0 Å². The quantitative estimate of drug-likeness (QED) is 0.904. The molecule has 1 saturated carbocycles. The second-order valence-corrected chi connectivity index (χ2v) is 7.03. The third kappa shape index (κ3) is 2.91. The summed E-state index contributed by atoms with van der Waals surface area (Å²) in [6.07, 6.45) is 4.06. The van der Waals surface area contributed by atoms with Crippen LogP contribution in [0.2, 0.25) is 0 Å². The third-order valence-electron chi connectivity index (χ3n) is 5.34. The van der Waals surface area contributed by atoms with Gasteiger partial charge in [-0.2, -0.15) is 0 Å². The van der Waals surface area contributed by atoms with Crippen LogP contribution in [-0.4, -0.2) is 29.6 Å². The Morgan fingerprint density at radius 1 is 1.30 bits per heavy atom. The first-order valence-electron chi connectivity index (χ1n) is 8.15. The smallest absolute Gasteiger partial charge is 0.0278 e. The highest BCUT2D eigenvalue weighted by atomic mass is 15.3. The molecule has 3 rings (SSSR count). The van der Waals surface area contributed by atoms with E-state index in [0.29, 0.717) is 0 Å². The third-order valence-corrected chi connectivity index (χ3v) is 5.34. The van der Waals surface area contributed by atoms with Crippen molar-refractivity contribution in [2.24, 2.45) is 5.92 Å². The molecule has 0 bridgehead atoms. The van der Waals surface area contributed by atoms with Crippen molar-refractivity contribution in [3.05, 3.63) is 35.4 Å². The minimum absolute atomic E-state index is 0.286. The summed E-state index contributed by atoms with van der Waals surface area (Å²) in [4.78, 5) is 2.75. The highest BCUT2D eigenvalue weighted by Gasteiger charge is 2.41. The zero-order valence-corrected chi connectivity index (χ0v) is 13.2. The number of hydrogen-bond acceptors (Lipinski definition) is 2. The Labute approximate surface area is 123 Å². The van der Waals surface area contributed by atoms with Gasteiger partial charge >= 0.3 is 0 Å². The molecule has 1 saturated heterocycles.